The number of hydrogen-bond acceptors (Lipinski definition) is 4. The summed E-state index contributed by atoms with van der Waals surface area (Å²) in [6.07, 6.45) is 7.26. The minimum absolute atomic E-state index is 0.0707. The molecule has 6 rings (SSSR count). The van der Waals surface area contributed by atoms with Gasteiger partial charge in [-0.2, -0.15) is 0 Å². The minimum atomic E-state index is -0.751. The topological polar surface area (TPSA) is 75.7 Å². The largest absolute Gasteiger partial charge is 0.465 e. The maximum atomic E-state index is 13.8. The van der Waals surface area contributed by atoms with Gasteiger partial charge in [0.25, 0.3) is 0 Å². The highest BCUT2D eigenvalue weighted by Gasteiger charge is 2.56. The monoisotopic (exact) mass is 424 g/mol. The normalized spacial score (nSPS) is 33.8. The molecule has 0 aromatic heterocycles. The first kappa shape index (κ1) is 20.5. The van der Waals surface area contributed by atoms with Crippen LogP contribution in [0.1, 0.15) is 50.5 Å². The summed E-state index contributed by atoms with van der Waals surface area (Å²) in [5.74, 6) is 1.45. The summed E-state index contributed by atoms with van der Waals surface area (Å²) in [5.41, 5.74) is 0.797. The van der Waals surface area contributed by atoms with Crippen molar-refractivity contribution in [3.05, 3.63) is 35.9 Å². The van der Waals surface area contributed by atoms with Gasteiger partial charge in [-0.1, -0.05) is 30.3 Å². The fourth-order valence-corrected chi connectivity index (χ4v) is 6.98. The van der Waals surface area contributed by atoms with E-state index in [1.807, 2.05) is 30.3 Å². The van der Waals surface area contributed by atoms with E-state index < -0.39 is 12.0 Å². The lowest BCUT2D eigenvalue weighted by atomic mass is 9.49. The van der Waals surface area contributed by atoms with Gasteiger partial charge in [-0.05, 0) is 61.8 Å². The second kappa shape index (κ2) is 8.29. The van der Waals surface area contributed by atoms with E-state index in [1.54, 1.807) is 4.90 Å². The number of rotatable bonds is 6. The Labute approximate surface area is 183 Å². The summed E-state index contributed by atoms with van der Waals surface area (Å²) >= 11 is 0. The molecule has 31 heavy (non-hydrogen) atoms. The molecule has 4 bridgehead atoms. The molecule has 1 heterocycles. The number of carbonyl (C=O) groups excluding carboxylic acids is 3. The molecular weight excluding hydrogens is 392 g/mol. The van der Waals surface area contributed by atoms with Crippen LogP contribution in [0.3, 0.4) is 0 Å². The van der Waals surface area contributed by atoms with Gasteiger partial charge in [0, 0.05) is 19.5 Å². The fraction of sp³-hybridized carbons (Fsp3) is 0.640. The standard InChI is InChI=1S/C25H32N2O4/c28-22(31-9-6-17-4-2-1-3-5-17)13-21-23(29)26-7-8-27(21)24(30)25-14-18-10-19(15-25)12-20(11-18)16-25/h1-5,18-21H,6-16H2,(H,26,29). The highest BCUT2D eigenvalue weighted by atomic mass is 16.5. The van der Waals surface area contributed by atoms with Gasteiger partial charge >= 0.3 is 5.97 Å². The van der Waals surface area contributed by atoms with Crippen LogP contribution in [0.5, 0.6) is 0 Å². The summed E-state index contributed by atoms with van der Waals surface area (Å²) < 4.78 is 5.42. The first-order valence-electron chi connectivity index (χ1n) is 11.8. The second-order valence-electron chi connectivity index (χ2n) is 10.2. The molecule has 1 unspecified atom stereocenters. The highest BCUT2D eigenvalue weighted by molar-refractivity contribution is 5.93. The van der Waals surface area contributed by atoms with Gasteiger partial charge in [0.15, 0.2) is 0 Å². The third-order valence-corrected chi connectivity index (χ3v) is 7.94. The number of esters is 1. The average molecular weight is 425 g/mol. The van der Waals surface area contributed by atoms with E-state index in [0.29, 0.717) is 37.3 Å². The van der Waals surface area contributed by atoms with E-state index >= 15 is 0 Å². The molecule has 1 atom stereocenters. The van der Waals surface area contributed by atoms with Gasteiger partial charge in [0.1, 0.15) is 6.04 Å². The van der Waals surface area contributed by atoms with E-state index in [2.05, 4.69) is 5.32 Å². The van der Waals surface area contributed by atoms with Gasteiger partial charge in [-0.3, -0.25) is 14.4 Å². The highest BCUT2D eigenvalue weighted by Crippen LogP contribution is 2.60. The predicted octanol–water partition coefficient (Wildman–Crippen LogP) is 2.71. The number of benzene rings is 1. The van der Waals surface area contributed by atoms with Crippen LogP contribution in [0.4, 0.5) is 0 Å². The average Bonchev–Trinajstić information content (AvgIpc) is 2.74. The van der Waals surface area contributed by atoms with Crippen molar-refractivity contribution in [2.75, 3.05) is 19.7 Å². The molecule has 1 saturated heterocycles. The van der Waals surface area contributed by atoms with E-state index in [1.165, 1.54) is 19.3 Å². The second-order valence-corrected chi connectivity index (χ2v) is 10.2. The van der Waals surface area contributed by atoms with E-state index in [9.17, 15) is 14.4 Å². The molecule has 0 spiro atoms. The first-order chi connectivity index (χ1) is 15.0. The number of piperazine rings is 1. The summed E-state index contributed by atoms with van der Waals surface area (Å²) in [7, 11) is 0. The van der Waals surface area contributed by atoms with Crippen LogP contribution >= 0.6 is 0 Å². The van der Waals surface area contributed by atoms with Crippen molar-refractivity contribution < 1.29 is 19.1 Å². The number of nitrogens with zero attached hydrogens (tertiary/aromatic N) is 1. The number of hydrogen-bond donors (Lipinski definition) is 1. The number of carbonyl (C=O) groups is 3. The molecule has 4 saturated carbocycles. The molecule has 166 valence electrons. The molecule has 4 aliphatic carbocycles. The van der Waals surface area contributed by atoms with Crippen molar-refractivity contribution in [2.24, 2.45) is 23.2 Å². The van der Waals surface area contributed by atoms with Crippen LogP contribution in [-0.2, 0) is 25.5 Å². The molecule has 1 aromatic rings. The number of nitrogens with one attached hydrogen (secondary N) is 1. The van der Waals surface area contributed by atoms with Crippen LogP contribution in [0.2, 0.25) is 0 Å². The van der Waals surface area contributed by atoms with Crippen molar-refractivity contribution in [2.45, 2.75) is 57.4 Å². The quantitative estimate of drug-likeness (QED) is 0.713. The Balaban J connectivity index is 1.23. The summed E-state index contributed by atoms with van der Waals surface area (Å²) in [6.45, 7) is 1.21. The minimum Gasteiger partial charge on any atom is -0.465 e. The van der Waals surface area contributed by atoms with Crippen molar-refractivity contribution in [1.82, 2.24) is 10.2 Å². The number of ether oxygens (including phenoxy) is 1. The summed E-state index contributed by atoms with van der Waals surface area (Å²) in [6, 6.07) is 9.10. The molecule has 0 radical (unpaired) electrons. The smallest absolute Gasteiger partial charge is 0.308 e. The molecule has 2 amide bonds. The Morgan fingerprint density at radius 2 is 1.68 bits per heavy atom. The molecule has 1 aliphatic heterocycles. The SMILES string of the molecule is O=C(CC1C(=O)NCCN1C(=O)C12CC3CC(CC(C3)C1)C2)OCCc1ccccc1. The lowest BCUT2D eigenvalue weighted by molar-refractivity contribution is -0.166. The van der Waals surface area contributed by atoms with Gasteiger partial charge < -0.3 is 15.0 Å². The van der Waals surface area contributed by atoms with E-state index in [0.717, 1.165) is 24.8 Å². The lowest BCUT2D eigenvalue weighted by Gasteiger charge is -2.57. The van der Waals surface area contributed by atoms with E-state index in [-0.39, 0.29) is 30.3 Å². The Kier molecular flexibility index (Phi) is 5.49. The van der Waals surface area contributed by atoms with E-state index in [4.69, 9.17) is 4.74 Å². The van der Waals surface area contributed by atoms with Crippen molar-refractivity contribution in [1.29, 1.82) is 0 Å². The fourth-order valence-electron chi connectivity index (χ4n) is 6.98. The van der Waals surface area contributed by atoms with Gasteiger partial charge in [0.05, 0.1) is 18.4 Å². The first-order valence-corrected chi connectivity index (χ1v) is 11.8. The third kappa shape index (κ3) is 4.09. The Hall–Kier alpha value is -2.37. The zero-order chi connectivity index (χ0) is 21.4. The third-order valence-electron chi connectivity index (χ3n) is 7.94. The molecule has 5 fully saturated rings. The van der Waals surface area contributed by atoms with Crippen LogP contribution in [0, 0.1) is 23.2 Å². The molecule has 6 heteroatoms. The Morgan fingerprint density at radius 3 is 2.32 bits per heavy atom. The molecule has 1 N–H and O–H groups in total. The van der Waals surface area contributed by atoms with Gasteiger partial charge in [0.2, 0.25) is 11.8 Å². The molecule has 5 aliphatic rings. The van der Waals surface area contributed by atoms with Gasteiger partial charge in [-0.15, -0.1) is 0 Å². The summed E-state index contributed by atoms with van der Waals surface area (Å²) in [4.78, 5) is 40.7. The zero-order valence-electron chi connectivity index (χ0n) is 18.1. The van der Waals surface area contributed by atoms with Crippen LogP contribution < -0.4 is 5.32 Å². The van der Waals surface area contributed by atoms with Crippen LogP contribution in [0.15, 0.2) is 30.3 Å². The molecule has 1 aromatic carbocycles. The maximum absolute atomic E-state index is 13.8. The Bertz CT molecular complexity index is 817. The number of amides is 2. The van der Waals surface area contributed by atoms with Crippen LogP contribution in [-0.4, -0.2) is 48.4 Å². The predicted molar refractivity (Wildman–Crippen MR) is 115 cm³/mol. The van der Waals surface area contributed by atoms with Crippen LogP contribution in [0.25, 0.3) is 0 Å². The zero-order valence-corrected chi connectivity index (χ0v) is 18.1. The summed E-state index contributed by atoms with van der Waals surface area (Å²) in [5, 5.41) is 2.84. The van der Waals surface area contributed by atoms with Crippen molar-refractivity contribution in [3.8, 4) is 0 Å². The Morgan fingerprint density at radius 1 is 1.03 bits per heavy atom. The molecule has 6 nitrogen and oxygen atoms in total. The lowest BCUT2D eigenvalue weighted by Crippen LogP contribution is -2.63. The van der Waals surface area contributed by atoms with Crippen molar-refractivity contribution in [3.63, 3.8) is 0 Å². The molecular formula is C25H32N2O4. The van der Waals surface area contributed by atoms with Gasteiger partial charge in [-0.25, -0.2) is 0 Å². The maximum Gasteiger partial charge on any atom is 0.308 e. The van der Waals surface area contributed by atoms with Crippen molar-refractivity contribution >= 4 is 17.8 Å².